The van der Waals surface area contributed by atoms with E-state index in [-0.39, 0.29) is 16.8 Å². The molecule has 2 aliphatic heterocycles. The van der Waals surface area contributed by atoms with E-state index in [1.807, 2.05) is 0 Å². The van der Waals surface area contributed by atoms with Gasteiger partial charge in [0.2, 0.25) is 0 Å². The SMILES string of the molecule is COc1ccc(OC)c2c1C(=N)N/C2=C1/SC(=N)NC1=N. The molecule has 8 heteroatoms. The Morgan fingerprint density at radius 1 is 0.905 bits per heavy atom. The number of ether oxygens (including phenoxy) is 2. The van der Waals surface area contributed by atoms with Gasteiger partial charge in [-0.1, -0.05) is 0 Å². The summed E-state index contributed by atoms with van der Waals surface area (Å²) in [7, 11) is 3.10. The van der Waals surface area contributed by atoms with E-state index in [4.69, 9.17) is 25.7 Å². The van der Waals surface area contributed by atoms with E-state index >= 15 is 0 Å². The summed E-state index contributed by atoms with van der Waals surface area (Å²) in [6.45, 7) is 0. The molecule has 0 bridgehead atoms. The molecule has 2 heterocycles. The molecule has 0 atom stereocenters. The van der Waals surface area contributed by atoms with Crippen molar-refractivity contribution in [3.05, 3.63) is 28.2 Å². The van der Waals surface area contributed by atoms with Crippen molar-refractivity contribution in [2.45, 2.75) is 0 Å². The van der Waals surface area contributed by atoms with Crippen molar-refractivity contribution < 1.29 is 9.47 Å². The average molecular weight is 303 g/mol. The highest BCUT2D eigenvalue weighted by Gasteiger charge is 2.34. The van der Waals surface area contributed by atoms with E-state index in [0.717, 1.165) is 11.8 Å². The smallest absolute Gasteiger partial charge is 0.164 e. The fourth-order valence-electron chi connectivity index (χ4n) is 2.35. The summed E-state index contributed by atoms with van der Waals surface area (Å²) in [6, 6.07) is 3.51. The molecule has 1 aromatic rings. The van der Waals surface area contributed by atoms with Crippen LogP contribution in [-0.4, -0.2) is 31.1 Å². The maximum absolute atomic E-state index is 8.12. The van der Waals surface area contributed by atoms with Gasteiger partial charge in [0, 0.05) is 0 Å². The lowest BCUT2D eigenvalue weighted by molar-refractivity contribution is 0.402. The minimum Gasteiger partial charge on any atom is -0.496 e. The molecule has 0 aromatic heterocycles. The molecule has 0 unspecified atom stereocenters. The van der Waals surface area contributed by atoms with E-state index in [1.165, 1.54) is 0 Å². The Kier molecular flexibility index (Phi) is 3.09. The number of hydrogen-bond donors (Lipinski definition) is 5. The van der Waals surface area contributed by atoms with Crippen LogP contribution in [0.2, 0.25) is 0 Å². The lowest BCUT2D eigenvalue weighted by Gasteiger charge is -2.11. The molecule has 0 radical (unpaired) electrons. The van der Waals surface area contributed by atoms with Crippen LogP contribution in [0.5, 0.6) is 11.5 Å². The number of hydrogen-bond acceptors (Lipinski definition) is 6. The zero-order valence-corrected chi connectivity index (χ0v) is 12.2. The molecule has 1 saturated heterocycles. The minimum absolute atomic E-state index is 0.137. The van der Waals surface area contributed by atoms with Gasteiger partial charge >= 0.3 is 0 Å². The first-order valence-electron chi connectivity index (χ1n) is 6.04. The fourth-order valence-corrected chi connectivity index (χ4v) is 3.11. The van der Waals surface area contributed by atoms with Gasteiger partial charge in [-0.2, -0.15) is 0 Å². The van der Waals surface area contributed by atoms with Crippen LogP contribution in [-0.2, 0) is 0 Å². The minimum atomic E-state index is 0.137. The lowest BCUT2D eigenvalue weighted by atomic mass is 10.0. The number of thioether (sulfide) groups is 1. The van der Waals surface area contributed by atoms with Crippen LogP contribution in [0.1, 0.15) is 11.1 Å². The highest BCUT2D eigenvalue weighted by molar-refractivity contribution is 8.18. The van der Waals surface area contributed by atoms with Crippen molar-refractivity contribution in [1.82, 2.24) is 10.6 Å². The van der Waals surface area contributed by atoms with Crippen LogP contribution in [0, 0.1) is 16.2 Å². The molecule has 108 valence electrons. The quantitative estimate of drug-likeness (QED) is 0.569. The van der Waals surface area contributed by atoms with E-state index in [1.54, 1.807) is 26.4 Å². The largest absolute Gasteiger partial charge is 0.496 e. The standard InChI is InChI=1S/C13H13N5O2S/c1-19-5-3-4-6(20-2)8-7(5)9(17-11(8)14)10-12(15)18-13(16)21-10/h3-4H,1-2H3,(H2,14,17)(H3,15,16,18)/b10-9+. The summed E-state index contributed by atoms with van der Waals surface area (Å²) in [5.41, 5.74) is 1.88. The van der Waals surface area contributed by atoms with Crippen LogP contribution < -0.4 is 20.1 Å². The third kappa shape index (κ3) is 1.95. The third-order valence-corrected chi connectivity index (χ3v) is 4.13. The molecule has 1 aromatic carbocycles. The van der Waals surface area contributed by atoms with E-state index in [9.17, 15) is 0 Å². The Labute approximate surface area is 125 Å². The topological polar surface area (TPSA) is 114 Å². The molecule has 5 N–H and O–H groups in total. The van der Waals surface area contributed by atoms with Crippen molar-refractivity contribution in [3.8, 4) is 11.5 Å². The van der Waals surface area contributed by atoms with Gasteiger partial charge in [0.1, 0.15) is 23.2 Å². The predicted molar refractivity (Wildman–Crippen MR) is 82.6 cm³/mol. The molecule has 7 nitrogen and oxygen atoms in total. The summed E-state index contributed by atoms with van der Waals surface area (Å²) < 4.78 is 10.7. The molecular formula is C13H13N5O2S. The molecule has 0 spiro atoms. The number of fused-ring (bicyclic) bond motifs is 1. The van der Waals surface area contributed by atoms with Gasteiger partial charge in [-0.15, -0.1) is 0 Å². The van der Waals surface area contributed by atoms with E-state index in [2.05, 4.69) is 10.6 Å². The third-order valence-electron chi connectivity index (χ3n) is 3.22. The average Bonchev–Trinajstić information content (AvgIpc) is 2.98. The Morgan fingerprint density at radius 2 is 1.52 bits per heavy atom. The lowest BCUT2D eigenvalue weighted by Crippen LogP contribution is -2.20. The van der Waals surface area contributed by atoms with Crippen LogP contribution in [0.15, 0.2) is 17.0 Å². The number of amidine groups is 3. The maximum Gasteiger partial charge on any atom is 0.164 e. The Morgan fingerprint density at radius 3 is 2.05 bits per heavy atom. The van der Waals surface area contributed by atoms with Gasteiger partial charge < -0.3 is 20.1 Å². The summed E-state index contributed by atoms with van der Waals surface area (Å²) in [5, 5.41) is 29.5. The van der Waals surface area contributed by atoms with Gasteiger partial charge in [0.25, 0.3) is 0 Å². The number of benzene rings is 1. The maximum atomic E-state index is 8.12. The zero-order valence-electron chi connectivity index (χ0n) is 11.4. The van der Waals surface area contributed by atoms with Crippen molar-refractivity contribution in [2.24, 2.45) is 0 Å². The second kappa shape index (κ2) is 4.81. The first kappa shape index (κ1) is 13.5. The number of rotatable bonds is 2. The molecule has 0 amide bonds. The van der Waals surface area contributed by atoms with Gasteiger partial charge in [0.15, 0.2) is 5.17 Å². The molecule has 3 rings (SSSR count). The Balaban J connectivity index is 2.29. The summed E-state index contributed by atoms with van der Waals surface area (Å²) in [6.07, 6.45) is 0. The van der Waals surface area contributed by atoms with Crippen molar-refractivity contribution in [2.75, 3.05) is 14.2 Å². The van der Waals surface area contributed by atoms with E-state index in [0.29, 0.717) is 33.2 Å². The molecular weight excluding hydrogens is 290 g/mol. The molecule has 2 aliphatic rings. The van der Waals surface area contributed by atoms with Gasteiger partial charge in [-0.3, -0.25) is 16.2 Å². The van der Waals surface area contributed by atoms with Crippen LogP contribution in [0.4, 0.5) is 0 Å². The number of nitrogens with one attached hydrogen (secondary N) is 5. The summed E-state index contributed by atoms with van der Waals surface area (Å²) in [4.78, 5) is 0.565. The zero-order chi connectivity index (χ0) is 15.1. The van der Waals surface area contributed by atoms with Gasteiger partial charge in [-0.05, 0) is 23.9 Å². The fraction of sp³-hybridized carbons (Fsp3) is 0.154. The van der Waals surface area contributed by atoms with Crippen LogP contribution >= 0.6 is 11.8 Å². The molecule has 0 saturated carbocycles. The highest BCUT2D eigenvalue weighted by atomic mass is 32.2. The normalized spacial score (nSPS) is 20.2. The molecule has 21 heavy (non-hydrogen) atoms. The Bertz CT molecular complexity index is 726. The number of methoxy groups -OCH3 is 2. The van der Waals surface area contributed by atoms with Crippen LogP contribution in [0.3, 0.4) is 0 Å². The van der Waals surface area contributed by atoms with Crippen molar-refractivity contribution in [1.29, 1.82) is 16.2 Å². The highest BCUT2D eigenvalue weighted by Crippen LogP contribution is 2.42. The van der Waals surface area contributed by atoms with E-state index < -0.39 is 0 Å². The predicted octanol–water partition coefficient (Wildman–Crippen LogP) is 1.55. The molecule has 0 aliphatic carbocycles. The first-order chi connectivity index (χ1) is 10.1. The van der Waals surface area contributed by atoms with Crippen molar-refractivity contribution >= 4 is 34.3 Å². The van der Waals surface area contributed by atoms with Gasteiger partial charge in [-0.25, -0.2) is 0 Å². The Hall–Kier alpha value is -2.48. The second-order valence-electron chi connectivity index (χ2n) is 4.36. The monoisotopic (exact) mass is 303 g/mol. The second-order valence-corrected chi connectivity index (χ2v) is 5.38. The first-order valence-corrected chi connectivity index (χ1v) is 6.86. The van der Waals surface area contributed by atoms with Gasteiger partial charge in [0.05, 0.1) is 35.9 Å². The summed E-state index contributed by atoms with van der Waals surface area (Å²) in [5.74, 6) is 1.49. The summed E-state index contributed by atoms with van der Waals surface area (Å²) >= 11 is 1.14. The molecule has 1 fully saturated rings. The van der Waals surface area contributed by atoms with Crippen molar-refractivity contribution in [3.63, 3.8) is 0 Å². The van der Waals surface area contributed by atoms with Crippen LogP contribution in [0.25, 0.3) is 5.70 Å².